The zero-order valence-corrected chi connectivity index (χ0v) is 37.6. The molecule has 0 atom stereocenters. The minimum atomic E-state index is -0.0822. The summed E-state index contributed by atoms with van der Waals surface area (Å²) in [6.07, 6.45) is 0. The first-order valence-electron chi connectivity index (χ1n) is 23.7. The molecule has 0 N–H and O–H groups in total. The highest BCUT2D eigenvalue weighted by atomic mass is 16.5. The van der Waals surface area contributed by atoms with Gasteiger partial charge >= 0.3 is 0 Å². The molecule has 0 radical (unpaired) electrons. The van der Waals surface area contributed by atoms with Crippen molar-refractivity contribution in [3.8, 4) is 39.4 Å². The Kier molecular flexibility index (Phi) is 8.96. The molecule has 322 valence electrons. The summed E-state index contributed by atoms with van der Waals surface area (Å²) >= 11 is 0. The van der Waals surface area contributed by atoms with Gasteiger partial charge in [0.15, 0.2) is 0 Å². The molecule has 69 heavy (non-hydrogen) atoms. The molecule has 11 aromatic carbocycles. The maximum Gasteiger partial charge on any atom is 0.256 e. The van der Waals surface area contributed by atoms with Crippen LogP contribution in [0, 0.1) is 0 Å². The number of ether oxygens (including phenoxy) is 1. The summed E-state index contributed by atoms with van der Waals surface area (Å²) < 4.78 is 9.63. The van der Waals surface area contributed by atoms with E-state index in [1.807, 2.05) is 0 Å². The van der Waals surface area contributed by atoms with Gasteiger partial charge in [0.05, 0.1) is 11.0 Å². The van der Waals surface area contributed by atoms with Crippen LogP contribution in [0.15, 0.2) is 255 Å². The van der Waals surface area contributed by atoms with E-state index in [4.69, 9.17) is 4.74 Å². The molecule has 1 aromatic heterocycles. The molecule has 0 amide bonds. The van der Waals surface area contributed by atoms with E-state index in [0.29, 0.717) is 0 Å². The van der Waals surface area contributed by atoms with E-state index in [0.717, 1.165) is 67.7 Å². The third kappa shape index (κ3) is 6.32. The molecular weight excluding hydrogens is 838 g/mol. The summed E-state index contributed by atoms with van der Waals surface area (Å²) in [5.74, 6) is 1.77. The van der Waals surface area contributed by atoms with Gasteiger partial charge < -0.3 is 19.1 Å². The zero-order chi connectivity index (χ0) is 45.4. The van der Waals surface area contributed by atoms with E-state index < -0.39 is 0 Å². The van der Waals surface area contributed by atoms with Crippen LogP contribution >= 0.6 is 0 Å². The van der Waals surface area contributed by atoms with Crippen LogP contribution in [0.4, 0.5) is 34.1 Å². The molecule has 4 nitrogen and oxygen atoms in total. The van der Waals surface area contributed by atoms with E-state index in [1.165, 1.54) is 54.9 Å². The Labute approximate surface area is 401 Å². The molecule has 14 rings (SSSR count). The summed E-state index contributed by atoms with van der Waals surface area (Å²) in [4.78, 5) is 4.79. The van der Waals surface area contributed by atoms with Gasteiger partial charge in [-0.2, -0.15) is 0 Å². The van der Waals surface area contributed by atoms with Gasteiger partial charge in [-0.25, -0.2) is 0 Å². The fourth-order valence-electron chi connectivity index (χ4n) is 11.1. The van der Waals surface area contributed by atoms with Crippen molar-refractivity contribution >= 4 is 89.8 Å². The van der Waals surface area contributed by atoms with Crippen molar-refractivity contribution in [2.24, 2.45) is 0 Å². The van der Waals surface area contributed by atoms with Gasteiger partial charge in [0.25, 0.3) is 6.71 Å². The highest BCUT2D eigenvalue weighted by Gasteiger charge is 2.42. The first kappa shape index (κ1) is 39.1. The maximum absolute atomic E-state index is 7.15. The van der Waals surface area contributed by atoms with Crippen LogP contribution in [0.5, 0.6) is 11.5 Å². The Bertz CT molecular complexity index is 3890. The molecule has 0 spiro atoms. The van der Waals surface area contributed by atoms with Gasteiger partial charge in [-0.3, -0.25) is 0 Å². The van der Waals surface area contributed by atoms with E-state index in [1.54, 1.807) is 0 Å². The normalized spacial score (nSPS) is 12.4. The van der Waals surface area contributed by atoms with E-state index in [-0.39, 0.29) is 6.71 Å². The lowest BCUT2D eigenvalue weighted by atomic mass is 9.34. The molecule has 0 bridgehead atoms. The Morgan fingerprint density at radius 3 is 1.68 bits per heavy atom. The summed E-state index contributed by atoms with van der Waals surface area (Å²) in [5.41, 5.74) is 18.4. The van der Waals surface area contributed by atoms with Crippen LogP contribution in [-0.4, -0.2) is 11.3 Å². The van der Waals surface area contributed by atoms with Crippen LogP contribution < -0.4 is 30.9 Å². The monoisotopic (exact) mass is 879 g/mol. The molecule has 0 fully saturated rings. The first-order valence-corrected chi connectivity index (χ1v) is 23.7. The average molecular weight is 880 g/mol. The van der Waals surface area contributed by atoms with Gasteiger partial charge in [0, 0.05) is 56.0 Å². The number of anilines is 6. The smallest absolute Gasteiger partial charge is 0.256 e. The predicted octanol–water partition coefficient (Wildman–Crippen LogP) is 15.1. The van der Waals surface area contributed by atoms with Crippen LogP contribution in [0.3, 0.4) is 0 Å². The van der Waals surface area contributed by atoms with Crippen LogP contribution in [0.25, 0.3) is 60.5 Å². The molecule has 12 aromatic rings. The lowest BCUT2D eigenvalue weighted by Gasteiger charge is -2.40. The third-order valence-corrected chi connectivity index (χ3v) is 14.2. The second kappa shape index (κ2) is 15.8. The fourth-order valence-corrected chi connectivity index (χ4v) is 11.1. The van der Waals surface area contributed by atoms with Gasteiger partial charge in [-0.05, 0) is 135 Å². The van der Waals surface area contributed by atoms with Crippen LogP contribution in [-0.2, 0) is 0 Å². The number of aromatic nitrogens is 1. The molecule has 2 aliphatic rings. The predicted molar refractivity (Wildman–Crippen MR) is 290 cm³/mol. The van der Waals surface area contributed by atoms with Crippen LogP contribution in [0.2, 0.25) is 0 Å². The topological polar surface area (TPSA) is 20.6 Å². The Morgan fingerprint density at radius 1 is 0.362 bits per heavy atom. The lowest BCUT2D eigenvalue weighted by molar-refractivity contribution is 0.488. The Hall–Kier alpha value is -9.06. The summed E-state index contributed by atoms with van der Waals surface area (Å²) in [5, 5.41) is 4.70. The molecule has 3 heterocycles. The number of nitrogens with zero attached hydrogens (tertiary/aromatic N) is 3. The number of fused-ring (bicyclic) bond motifs is 9. The van der Waals surface area contributed by atoms with Gasteiger partial charge in [-0.15, -0.1) is 0 Å². The summed E-state index contributed by atoms with van der Waals surface area (Å²) in [6, 6.07) is 92.3. The van der Waals surface area contributed by atoms with E-state index >= 15 is 0 Å². The lowest BCUT2D eigenvalue weighted by Crippen LogP contribution is -2.59. The minimum absolute atomic E-state index is 0.0822. The second-order valence-electron chi connectivity index (χ2n) is 18.1. The highest BCUT2D eigenvalue weighted by molar-refractivity contribution is 6.99. The summed E-state index contributed by atoms with van der Waals surface area (Å²) in [7, 11) is 0. The minimum Gasteiger partial charge on any atom is -0.458 e. The largest absolute Gasteiger partial charge is 0.458 e. The number of hydrogen-bond acceptors (Lipinski definition) is 3. The molecule has 0 saturated carbocycles. The van der Waals surface area contributed by atoms with Crippen molar-refractivity contribution in [1.29, 1.82) is 0 Å². The Morgan fingerprint density at radius 2 is 0.971 bits per heavy atom. The van der Waals surface area contributed by atoms with Crippen molar-refractivity contribution in [2.45, 2.75) is 0 Å². The first-order chi connectivity index (χ1) is 34.2. The number of rotatable bonds is 7. The number of hydrogen-bond donors (Lipinski definition) is 0. The van der Waals surface area contributed by atoms with E-state index in [2.05, 4.69) is 269 Å². The average Bonchev–Trinajstić information content (AvgIpc) is 3.75. The van der Waals surface area contributed by atoms with Gasteiger partial charge in [-0.1, -0.05) is 164 Å². The quantitative estimate of drug-likeness (QED) is 0.149. The van der Waals surface area contributed by atoms with Crippen molar-refractivity contribution < 1.29 is 4.74 Å². The maximum atomic E-state index is 7.15. The number of para-hydroxylation sites is 3. The molecule has 0 aliphatic carbocycles. The third-order valence-electron chi connectivity index (χ3n) is 14.2. The van der Waals surface area contributed by atoms with Gasteiger partial charge in [0.2, 0.25) is 0 Å². The fraction of sp³-hybridized carbons (Fsp3) is 0. The second-order valence-corrected chi connectivity index (χ2v) is 18.1. The SMILES string of the molecule is c1ccc(-c2cccc(N3c4cc(-c5ccccc5)ccc4B4c5cc6c(cc5Oc5cccc3c54)c3ccc4cc(N(c5ccccc5)c5ccccc5)ccc4c3n6-c3ccccc3)c2)cc1. The van der Waals surface area contributed by atoms with Gasteiger partial charge in [0.1, 0.15) is 11.5 Å². The van der Waals surface area contributed by atoms with Crippen molar-refractivity contribution in [2.75, 3.05) is 9.80 Å². The van der Waals surface area contributed by atoms with Crippen molar-refractivity contribution in [3.63, 3.8) is 0 Å². The Balaban J connectivity index is 0.992. The van der Waals surface area contributed by atoms with Crippen molar-refractivity contribution in [3.05, 3.63) is 255 Å². The highest BCUT2D eigenvalue weighted by Crippen LogP contribution is 2.46. The zero-order valence-electron chi connectivity index (χ0n) is 37.6. The molecule has 5 heteroatoms. The molecule has 0 unspecified atom stereocenters. The number of benzene rings is 11. The van der Waals surface area contributed by atoms with Crippen molar-refractivity contribution in [1.82, 2.24) is 4.57 Å². The molecule has 2 aliphatic heterocycles. The van der Waals surface area contributed by atoms with E-state index in [9.17, 15) is 0 Å². The molecule has 0 saturated heterocycles. The summed E-state index contributed by atoms with van der Waals surface area (Å²) in [6.45, 7) is -0.0822. The van der Waals surface area contributed by atoms with Crippen LogP contribution in [0.1, 0.15) is 0 Å². The molecular formula is C64H42BN3O. The standard InChI is InChI=1S/C64H42BN3O/c1-6-18-43(19-7-1)45-22-16-29-51(38-45)67-58-30-17-31-61-63(58)65(56-37-33-46(40-60(56)67)44-20-8-2-9-21-44)57-42-59-55(41-62(57)69-61)54-35-32-47-39-52(34-36-53(47)64(54)68(59)50-27-14-5-15-28-50)66(48-23-10-3-11-24-48)49-25-12-4-13-26-49/h1-42H.